The highest BCUT2D eigenvalue weighted by Crippen LogP contribution is 2.17. The molecule has 1 atom stereocenters. The van der Waals surface area contributed by atoms with E-state index in [0.29, 0.717) is 0 Å². The van der Waals surface area contributed by atoms with Gasteiger partial charge in [0.1, 0.15) is 7.05 Å². The molecule has 0 saturated heterocycles. The molecule has 15 heavy (non-hydrogen) atoms. The van der Waals surface area contributed by atoms with Crippen LogP contribution in [-0.4, -0.2) is 5.91 Å². The van der Waals surface area contributed by atoms with Gasteiger partial charge >= 0.3 is 0 Å². The molecule has 0 aliphatic carbocycles. The van der Waals surface area contributed by atoms with Gasteiger partial charge in [-0.05, 0) is 11.6 Å². The van der Waals surface area contributed by atoms with Gasteiger partial charge in [0.2, 0.25) is 5.91 Å². The van der Waals surface area contributed by atoms with E-state index in [0.717, 1.165) is 5.56 Å². The molecule has 2 heterocycles. The molecule has 0 fully saturated rings. The Morgan fingerprint density at radius 2 is 2.00 bits per heavy atom. The molecule has 3 nitrogen and oxygen atoms in total. The Morgan fingerprint density at radius 1 is 1.27 bits per heavy atom. The van der Waals surface area contributed by atoms with Crippen LogP contribution in [0.25, 0.3) is 0 Å². The average Bonchev–Trinajstić information content (AvgIpc) is 2.44. The molecule has 0 bridgehead atoms. The number of amides is 1. The van der Waals surface area contributed by atoms with Gasteiger partial charge in [0.25, 0.3) is 0 Å². The molecule has 1 aliphatic heterocycles. The molecule has 1 amide bonds. The Labute approximate surface area is 88.7 Å². The zero-order chi connectivity index (χ0) is 10.7. The van der Waals surface area contributed by atoms with Crippen LogP contribution >= 0.6 is 0 Å². The number of nitrogens with one attached hydrogen (secondary N) is 1. The van der Waals surface area contributed by atoms with Gasteiger partial charge in [-0.1, -0.05) is 12.2 Å². The third kappa shape index (κ3) is 2.13. The highest BCUT2D eigenvalue weighted by atomic mass is 16.1. The fourth-order valence-corrected chi connectivity index (χ4v) is 1.52. The summed E-state index contributed by atoms with van der Waals surface area (Å²) in [6.07, 6.45) is 11.1. The van der Waals surface area contributed by atoms with E-state index in [9.17, 15) is 4.79 Å². The van der Waals surface area contributed by atoms with E-state index < -0.39 is 0 Å². The van der Waals surface area contributed by atoms with Gasteiger partial charge in [-0.15, -0.1) is 0 Å². The Bertz CT molecular complexity index is 418. The Hall–Kier alpha value is -1.90. The molecule has 1 unspecified atom stereocenters. The van der Waals surface area contributed by atoms with Crippen molar-refractivity contribution in [3.8, 4) is 0 Å². The predicted octanol–water partition coefficient (Wildman–Crippen LogP) is 0.794. The number of carbonyl (C=O) groups is 1. The Balaban J connectivity index is 2.30. The van der Waals surface area contributed by atoms with Crippen molar-refractivity contribution in [2.75, 3.05) is 0 Å². The summed E-state index contributed by atoms with van der Waals surface area (Å²) >= 11 is 0. The number of rotatable bonds is 1. The van der Waals surface area contributed by atoms with Crippen molar-refractivity contribution in [1.29, 1.82) is 0 Å². The molecule has 0 aromatic carbocycles. The minimum Gasteiger partial charge on any atom is -0.332 e. The smallest absolute Gasteiger partial charge is 0.235 e. The Morgan fingerprint density at radius 3 is 2.73 bits per heavy atom. The monoisotopic (exact) mass is 201 g/mol. The Kier molecular flexibility index (Phi) is 2.63. The molecule has 0 radical (unpaired) electrons. The van der Waals surface area contributed by atoms with Crippen LogP contribution in [0.3, 0.4) is 0 Å². The maximum absolute atomic E-state index is 11.7. The topological polar surface area (TPSA) is 33.0 Å². The lowest BCUT2D eigenvalue weighted by Gasteiger charge is -2.09. The number of hydrogen-bond acceptors (Lipinski definition) is 1. The van der Waals surface area contributed by atoms with E-state index in [-0.39, 0.29) is 11.8 Å². The molecule has 1 N–H and O–H groups in total. The molecule has 0 saturated carbocycles. The maximum atomic E-state index is 11.7. The van der Waals surface area contributed by atoms with Crippen molar-refractivity contribution in [1.82, 2.24) is 5.32 Å². The van der Waals surface area contributed by atoms with Crippen LogP contribution in [0.2, 0.25) is 0 Å². The first-order chi connectivity index (χ1) is 7.27. The van der Waals surface area contributed by atoms with E-state index in [1.54, 1.807) is 6.20 Å². The van der Waals surface area contributed by atoms with E-state index >= 15 is 0 Å². The van der Waals surface area contributed by atoms with E-state index in [1.807, 2.05) is 54.4 Å². The van der Waals surface area contributed by atoms with Crippen molar-refractivity contribution in [2.45, 2.75) is 5.92 Å². The standard InChI is InChI=1S/C12H12N2O/c1-14-8-5-10(6-9-14)11-4-2-3-7-13-12(11)15/h2-9,11H,1H3/p+1. The van der Waals surface area contributed by atoms with E-state index in [4.69, 9.17) is 0 Å². The molecule has 3 heteroatoms. The quantitative estimate of drug-likeness (QED) is 0.670. The summed E-state index contributed by atoms with van der Waals surface area (Å²) < 4.78 is 1.94. The van der Waals surface area contributed by atoms with E-state index in [2.05, 4.69) is 5.32 Å². The van der Waals surface area contributed by atoms with Crippen molar-refractivity contribution in [3.63, 3.8) is 0 Å². The number of nitrogens with zero attached hydrogens (tertiary/aromatic N) is 1. The lowest BCUT2D eigenvalue weighted by Crippen LogP contribution is -2.28. The molecule has 1 aliphatic rings. The summed E-state index contributed by atoms with van der Waals surface area (Å²) in [5.74, 6) is -0.185. The van der Waals surface area contributed by atoms with Crippen LogP contribution in [-0.2, 0) is 11.8 Å². The molecule has 1 aromatic heterocycles. The maximum Gasteiger partial charge on any atom is 0.235 e. The van der Waals surface area contributed by atoms with Crippen molar-refractivity contribution in [3.05, 3.63) is 54.5 Å². The van der Waals surface area contributed by atoms with Gasteiger partial charge in [0.15, 0.2) is 12.4 Å². The van der Waals surface area contributed by atoms with Gasteiger partial charge in [0, 0.05) is 18.3 Å². The van der Waals surface area contributed by atoms with Crippen LogP contribution in [0.5, 0.6) is 0 Å². The minimum atomic E-state index is -0.193. The summed E-state index contributed by atoms with van der Waals surface area (Å²) in [5, 5.41) is 2.72. The van der Waals surface area contributed by atoms with Gasteiger partial charge < -0.3 is 5.32 Å². The summed E-state index contributed by atoms with van der Waals surface area (Å²) in [5.41, 5.74) is 1.01. The zero-order valence-corrected chi connectivity index (χ0v) is 8.55. The number of allylic oxidation sites excluding steroid dienone is 2. The molecular weight excluding hydrogens is 188 g/mol. The van der Waals surface area contributed by atoms with Crippen LogP contribution in [0.4, 0.5) is 0 Å². The summed E-state index contributed by atoms with van der Waals surface area (Å²) in [4.78, 5) is 11.7. The van der Waals surface area contributed by atoms with Gasteiger partial charge in [-0.3, -0.25) is 4.79 Å². The largest absolute Gasteiger partial charge is 0.332 e. The second-order valence-corrected chi connectivity index (χ2v) is 3.53. The van der Waals surface area contributed by atoms with Crippen LogP contribution in [0.1, 0.15) is 11.5 Å². The summed E-state index contributed by atoms with van der Waals surface area (Å²) in [6.45, 7) is 0. The molecular formula is C12H13N2O+. The van der Waals surface area contributed by atoms with Gasteiger partial charge in [-0.2, -0.15) is 0 Å². The molecule has 76 valence electrons. The highest BCUT2D eigenvalue weighted by Gasteiger charge is 2.18. The van der Waals surface area contributed by atoms with Crippen LogP contribution in [0, 0.1) is 0 Å². The average molecular weight is 201 g/mol. The number of carbonyl (C=O) groups excluding carboxylic acids is 1. The summed E-state index contributed by atoms with van der Waals surface area (Å²) in [6, 6.07) is 3.92. The number of hydrogen-bond donors (Lipinski definition) is 1. The van der Waals surface area contributed by atoms with Gasteiger partial charge in [-0.25, -0.2) is 4.57 Å². The van der Waals surface area contributed by atoms with Crippen molar-refractivity contribution >= 4 is 5.91 Å². The molecule has 0 spiro atoms. The fraction of sp³-hybridized carbons (Fsp3) is 0.167. The van der Waals surface area contributed by atoms with Crippen molar-refractivity contribution in [2.24, 2.45) is 7.05 Å². The first-order valence-electron chi connectivity index (χ1n) is 4.86. The first kappa shape index (κ1) is 9.65. The zero-order valence-electron chi connectivity index (χ0n) is 8.55. The second kappa shape index (κ2) is 4.09. The second-order valence-electron chi connectivity index (χ2n) is 3.53. The highest BCUT2D eigenvalue weighted by molar-refractivity contribution is 5.86. The number of pyridine rings is 1. The third-order valence-corrected chi connectivity index (χ3v) is 2.38. The SMILES string of the molecule is C[n+]1ccc(C2C=CC=CNC2=O)cc1. The van der Waals surface area contributed by atoms with Crippen molar-refractivity contribution < 1.29 is 9.36 Å². The summed E-state index contributed by atoms with van der Waals surface area (Å²) in [7, 11) is 1.95. The lowest BCUT2D eigenvalue weighted by molar-refractivity contribution is -0.671. The number of aryl methyl sites for hydroxylation is 1. The predicted molar refractivity (Wildman–Crippen MR) is 56.8 cm³/mol. The minimum absolute atomic E-state index is 0.00820. The van der Waals surface area contributed by atoms with Crippen LogP contribution in [0.15, 0.2) is 49.0 Å². The molecule has 2 rings (SSSR count). The fourth-order valence-electron chi connectivity index (χ4n) is 1.52. The van der Waals surface area contributed by atoms with E-state index in [1.165, 1.54) is 0 Å². The van der Waals surface area contributed by atoms with Crippen LogP contribution < -0.4 is 9.88 Å². The first-order valence-corrected chi connectivity index (χ1v) is 4.86. The van der Waals surface area contributed by atoms with Gasteiger partial charge in [0.05, 0.1) is 5.92 Å². The lowest BCUT2D eigenvalue weighted by atomic mass is 9.99. The molecule has 1 aromatic rings. The third-order valence-electron chi connectivity index (χ3n) is 2.38. The normalized spacial score (nSPS) is 19.8. The number of aromatic nitrogens is 1.